The molecule has 2 aliphatic heterocycles. The van der Waals surface area contributed by atoms with Crippen LogP contribution in [0.5, 0.6) is 0 Å². The molecule has 0 spiro atoms. The monoisotopic (exact) mass is 247 g/mol. The molecule has 2 aliphatic rings. The first-order valence-corrected chi connectivity index (χ1v) is 6.96. The minimum Gasteiger partial charge on any atom is -0.377 e. The Morgan fingerprint density at radius 2 is 2.39 bits per heavy atom. The Bertz CT molecular complexity index is 416. The normalized spacial score (nSPS) is 24.8. The third-order valence-corrected chi connectivity index (χ3v) is 3.88. The van der Waals surface area contributed by atoms with E-state index in [4.69, 9.17) is 4.74 Å². The van der Waals surface area contributed by atoms with Crippen LogP contribution in [-0.4, -0.2) is 40.7 Å². The zero-order valence-corrected chi connectivity index (χ0v) is 11.1. The first-order chi connectivity index (χ1) is 8.81. The standard InChI is InChI=1S/C14H21N3O/c1-11-15-8-12-5-6-17(10-14(12)16-11)9-13-4-2-3-7-18-13/h8,13H,2-7,9-10H2,1H3/t13-/m1/s1. The maximum Gasteiger partial charge on any atom is 0.125 e. The van der Waals surface area contributed by atoms with Crippen LogP contribution in [0.25, 0.3) is 0 Å². The van der Waals surface area contributed by atoms with Crippen LogP contribution < -0.4 is 0 Å². The van der Waals surface area contributed by atoms with E-state index in [0.29, 0.717) is 6.10 Å². The number of aryl methyl sites for hydroxylation is 1. The fraction of sp³-hybridized carbons (Fsp3) is 0.714. The number of nitrogens with zero attached hydrogens (tertiary/aromatic N) is 3. The molecule has 0 aliphatic carbocycles. The second-order valence-electron chi connectivity index (χ2n) is 5.36. The fourth-order valence-corrected chi connectivity index (χ4v) is 2.85. The van der Waals surface area contributed by atoms with Crippen LogP contribution in [0.2, 0.25) is 0 Å². The number of hydrogen-bond acceptors (Lipinski definition) is 4. The number of aromatic nitrogens is 2. The van der Waals surface area contributed by atoms with Crippen LogP contribution in [0.15, 0.2) is 6.20 Å². The lowest BCUT2D eigenvalue weighted by molar-refractivity contribution is -0.00828. The predicted octanol–water partition coefficient (Wildman–Crippen LogP) is 1.71. The average Bonchev–Trinajstić information content (AvgIpc) is 2.39. The van der Waals surface area contributed by atoms with Gasteiger partial charge in [0, 0.05) is 32.4 Å². The minimum absolute atomic E-state index is 0.434. The maximum absolute atomic E-state index is 5.82. The molecule has 0 N–H and O–H groups in total. The Labute approximate surface area is 108 Å². The summed E-state index contributed by atoms with van der Waals surface area (Å²) in [6, 6.07) is 0. The summed E-state index contributed by atoms with van der Waals surface area (Å²) in [5, 5.41) is 0. The first-order valence-electron chi connectivity index (χ1n) is 6.96. The van der Waals surface area contributed by atoms with Crippen molar-refractivity contribution in [3.8, 4) is 0 Å². The topological polar surface area (TPSA) is 38.2 Å². The van der Waals surface area contributed by atoms with Crippen molar-refractivity contribution in [3.63, 3.8) is 0 Å². The second kappa shape index (κ2) is 5.33. The van der Waals surface area contributed by atoms with Gasteiger partial charge in [-0.25, -0.2) is 9.97 Å². The van der Waals surface area contributed by atoms with E-state index in [2.05, 4.69) is 14.9 Å². The molecule has 4 nitrogen and oxygen atoms in total. The van der Waals surface area contributed by atoms with Gasteiger partial charge in [0.1, 0.15) is 5.82 Å². The van der Waals surface area contributed by atoms with Crippen molar-refractivity contribution in [2.24, 2.45) is 0 Å². The van der Waals surface area contributed by atoms with Gasteiger partial charge in [-0.05, 0) is 38.2 Å². The quantitative estimate of drug-likeness (QED) is 0.797. The molecule has 1 atom stereocenters. The number of ether oxygens (including phenoxy) is 1. The summed E-state index contributed by atoms with van der Waals surface area (Å²) in [6.07, 6.45) is 7.26. The molecular formula is C14H21N3O. The lowest BCUT2D eigenvalue weighted by atomic mass is 10.0. The van der Waals surface area contributed by atoms with Crippen LogP contribution in [0, 0.1) is 6.92 Å². The molecule has 0 unspecified atom stereocenters. The van der Waals surface area contributed by atoms with Gasteiger partial charge in [0.05, 0.1) is 11.8 Å². The van der Waals surface area contributed by atoms with E-state index < -0.39 is 0 Å². The molecule has 1 saturated heterocycles. The van der Waals surface area contributed by atoms with Crippen molar-refractivity contribution < 1.29 is 4.74 Å². The van der Waals surface area contributed by atoms with Crippen molar-refractivity contribution in [2.45, 2.75) is 45.3 Å². The van der Waals surface area contributed by atoms with Gasteiger partial charge in [0.2, 0.25) is 0 Å². The van der Waals surface area contributed by atoms with Gasteiger partial charge >= 0.3 is 0 Å². The largest absolute Gasteiger partial charge is 0.377 e. The van der Waals surface area contributed by atoms with E-state index in [1.54, 1.807) is 0 Å². The summed E-state index contributed by atoms with van der Waals surface area (Å²) >= 11 is 0. The Morgan fingerprint density at radius 1 is 1.44 bits per heavy atom. The van der Waals surface area contributed by atoms with Crippen molar-refractivity contribution in [2.75, 3.05) is 19.7 Å². The fourth-order valence-electron chi connectivity index (χ4n) is 2.85. The zero-order chi connectivity index (χ0) is 12.4. The van der Waals surface area contributed by atoms with E-state index in [0.717, 1.165) is 38.5 Å². The lowest BCUT2D eigenvalue weighted by Gasteiger charge is -2.32. The number of fused-ring (bicyclic) bond motifs is 1. The van der Waals surface area contributed by atoms with E-state index in [1.807, 2.05) is 13.1 Å². The van der Waals surface area contributed by atoms with Crippen LogP contribution in [0.1, 0.15) is 36.3 Å². The van der Waals surface area contributed by atoms with Gasteiger partial charge in [-0.15, -0.1) is 0 Å². The molecule has 98 valence electrons. The highest BCUT2D eigenvalue weighted by Gasteiger charge is 2.22. The molecule has 0 aromatic carbocycles. The third kappa shape index (κ3) is 2.70. The molecule has 18 heavy (non-hydrogen) atoms. The zero-order valence-electron chi connectivity index (χ0n) is 11.1. The van der Waals surface area contributed by atoms with Crippen molar-refractivity contribution >= 4 is 0 Å². The van der Waals surface area contributed by atoms with Gasteiger partial charge in [0.25, 0.3) is 0 Å². The summed E-state index contributed by atoms with van der Waals surface area (Å²) in [4.78, 5) is 11.3. The molecule has 0 bridgehead atoms. The molecule has 3 rings (SSSR count). The van der Waals surface area contributed by atoms with Gasteiger partial charge in [-0.3, -0.25) is 4.90 Å². The Hall–Kier alpha value is -1.00. The summed E-state index contributed by atoms with van der Waals surface area (Å²) in [7, 11) is 0. The Balaban J connectivity index is 1.63. The molecule has 4 heteroatoms. The molecule has 0 amide bonds. The highest BCUT2D eigenvalue weighted by Crippen LogP contribution is 2.19. The predicted molar refractivity (Wildman–Crippen MR) is 69.3 cm³/mol. The van der Waals surface area contributed by atoms with Crippen LogP contribution in [-0.2, 0) is 17.7 Å². The van der Waals surface area contributed by atoms with Crippen molar-refractivity contribution in [3.05, 3.63) is 23.3 Å². The molecule has 1 aromatic rings. The SMILES string of the molecule is Cc1ncc2c(n1)CN(C[C@H]1CCCCO1)CC2. The minimum atomic E-state index is 0.434. The van der Waals surface area contributed by atoms with Crippen LogP contribution in [0.4, 0.5) is 0 Å². The summed E-state index contributed by atoms with van der Waals surface area (Å²) < 4.78 is 5.82. The van der Waals surface area contributed by atoms with Gasteiger partial charge in [0.15, 0.2) is 0 Å². The summed E-state index contributed by atoms with van der Waals surface area (Å²) in [5.41, 5.74) is 2.53. The third-order valence-electron chi connectivity index (χ3n) is 3.88. The highest BCUT2D eigenvalue weighted by atomic mass is 16.5. The highest BCUT2D eigenvalue weighted by molar-refractivity contribution is 5.20. The van der Waals surface area contributed by atoms with E-state index >= 15 is 0 Å². The van der Waals surface area contributed by atoms with Gasteiger partial charge in [-0.1, -0.05) is 0 Å². The number of hydrogen-bond donors (Lipinski definition) is 0. The first kappa shape index (κ1) is 12.1. The Morgan fingerprint density at radius 3 is 3.22 bits per heavy atom. The molecular weight excluding hydrogens is 226 g/mol. The molecule has 1 aromatic heterocycles. The molecule has 3 heterocycles. The number of rotatable bonds is 2. The van der Waals surface area contributed by atoms with Crippen molar-refractivity contribution in [1.82, 2.24) is 14.9 Å². The van der Waals surface area contributed by atoms with Gasteiger partial charge in [-0.2, -0.15) is 0 Å². The molecule has 0 saturated carbocycles. The van der Waals surface area contributed by atoms with E-state index in [-0.39, 0.29) is 0 Å². The second-order valence-corrected chi connectivity index (χ2v) is 5.36. The maximum atomic E-state index is 5.82. The smallest absolute Gasteiger partial charge is 0.125 e. The molecule has 0 radical (unpaired) electrons. The summed E-state index contributed by atoms with van der Waals surface area (Å²) in [6.45, 7) is 6.03. The van der Waals surface area contributed by atoms with Crippen LogP contribution >= 0.6 is 0 Å². The van der Waals surface area contributed by atoms with Crippen molar-refractivity contribution in [1.29, 1.82) is 0 Å². The van der Waals surface area contributed by atoms with E-state index in [9.17, 15) is 0 Å². The van der Waals surface area contributed by atoms with Crippen LogP contribution in [0.3, 0.4) is 0 Å². The summed E-state index contributed by atoms with van der Waals surface area (Å²) in [5.74, 6) is 0.879. The van der Waals surface area contributed by atoms with Gasteiger partial charge < -0.3 is 4.74 Å². The van der Waals surface area contributed by atoms with E-state index in [1.165, 1.54) is 30.5 Å². The molecule has 1 fully saturated rings. The lowest BCUT2D eigenvalue weighted by Crippen LogP contribution is -2.39. The Kier molecular flexibility index (Phi) is 3.57. The average molecular weight is 247 g/mol.